The normalized spacial score (nSPS) is 13.8. The molecule has 0 fully saturated rings. The molecule has 22 heavy (non-hydrogen) atoms. The molecule has 0 spiro atoms. The zero-order valence-electron chi connectivity index (χ0n) is 13.2. The molecule has 2 unspecified atom stereocenters. The molecule has 3 N–H and O–H groups in total. The van der Waals surface area contributed by atoms with Crippen LogP contribution in [-0.2, 0) is 14.8 Å². The molecule has 8 heteroatoms. The number of rotatable bonds is 7. The van der Waals surface area contributed by atoms with Crippen LogP contribution in [0.3, 0.4) is 0 Å². The predicted octanol–water partition coefficient (Wildman–Crippen LogP) is 1.05. The van der Waals surface area contributed by atoms with Gasteiger partial charge in [-0.3, -0.25) is 4.79 Å². The number of hydrogen-bond acceptors (Lipinski definition) is 4. The van der Waals surface area contributed by atoms with Gasteiger partial charge in [-0.1, -0.05) is 19.1 Å². The molecule has 1 amide bonds. The summed E-state index contributed by atoms with van der Waals surface area (Å²) < 4.78 is 25.8. The van der Waals surface area contributed by atoms with Crippen LogP contribution in [0.5, 0.6) is 0 Å². The van der Waals surface area contributed by atoms with Gasteiger partial charge in [-0.05, 0) is 38.7 Å². The predicted molar refractivity (Wildman–Crippen MR) is 89.6 cm³/mol. The van der Waals surface area contributed by atoms with Gasteiger partial charge in [-0.2, -0.15) is 0 Å². The van der Waals surface area contributed by atoms with Gasteiger partial charge in [0.05, 0.1) is 10.9 Å². The molecule has 1 aromatic rings. The van der Waals surface area contributed by atoms with Crippen molar-refractivity contribution in [2.24, 2.45) is 5.92 Å². The number of carbonyl (C=O) groups is 1. The lowest BCUT2D eigenvalue weighted by Crippen LogP contribution is -2.35. The van der Waals surface area contributed by atoms with E-state index in [0.29, 0.717) is 6.54 Å². The van der Waals surface area contributed by atoms with Crippen molar-refractivity contribution < 1.29 is 13.2 Å². The van der Waals surface area contributed by atoms with E-state index in [-0.39, 0.29) is 35.2 Å². The van der Waals surface area contributed by atoms with Crippen LogP contribution in [0, 0.1) is 5.92 Å². The average molecular weight is 350 g/mol. The lowest BCUT2D eigenvalue weighted by Gasteiger charge is -2.18. The summed E-state index contributed by atoms with van der Waals surface area (Å²) in [6.07, 6.45) is 0. The highest BCUT2D eigenvalue weighted by Gasteiger charge is 2.17. The van der Waals surface area contributed by atoms with E-state index in [1.54, 1.807) is 25.2 Å². The fraction of sp³-hybridized carbons (Fsp3) is 0.500. The monoisotopic (exact) mass is 349 g/mol. The number of sulfonamides is 1. The van der Waals surface area contributed by atoms with Crippen LogP contribution in [0.25, 0.3) is 0 Å². The van der Waals surface area contributed by atoms with Gasteiger partial charge < -0.3 is 10.6 Å². The Kier molecular flexibility index (Phi) is 8.62. The minimum Gasteiger partial charge on any atom is -0.349 e. The summed E-state index contributed by atoms with van der Waals surface area (Å²) in [5.74, 6) is -0.222. The summed E-state index contributed by atoms with van der Waals surface area (Å²) in [6.45, 7) is 4.25. The third-order valence-corrected chi connectivity index (χ3v) is 4.67. The van der Waals surface area contributed by atoms with Crippen LogP contribution in [0.2, 0.25) is 0 Å². The largest absolute Gasteiger partial charge is 0.349 e. The molecule has 1 aromatic carbocycles. The maximum atomic E-state index is 12.0. The van der Waals surface area contributed by atoms with Crippen molar-refractivity contribution in [1.29, 1.82) is 0 Å². The number of amides is 1. The Morgan fingerprint density at radius 2 is 1.86 bits per heavy atom. The lowest BCUT2D eigenvalue weighted by atomic mass is 10.1. The first-order valence-electron chi connectivity index (χ1n) is 6.80. The van der Waals surface area contributed by atoms with E-state index in [1.165, 1.54) is 13.1 Å². The zero-order valence-corrected chi connectivity index (χ0v) is 14.8. The van der Waals surface area contributed by atoms with Gasteiger partial charge in [0.2, 0.25) is 15.9 Å². The second kappa shape index (κ2) is 9.09. The first-order valence-corrected chi connectivity index (χ1v) is 8.28. The third-order valence-electron chi connectivity index (χ3n) is 3.25. The molecule has 1 rings (SSSR count). The molecule has 0 aliphatic rings. The summed E-state index contributed by atoms with van der Waals surface area (Å²) in [6, 6.07) is 6.29. The fourth-order valence-corrected chi connectivity index (χ4v) is 2.69. The van der Waals surface area contributed by atoms with Gasteiger partial charge in [0, 0.05) is 12.5 Å². The summed E-state index contributed by atoms with van der Waals surface area (Å²) >= 11 is 0. The Bertz CT molecular complexity index is 593. The van der Waals surface area contributed by atoms with E-state index in [4.69, 9.17) is 0 Å². The number of benzene rings is 1. The van der Waals surface area contributed by atoms with Crippen molar-refractivity contribution >= 4 is 28.3 Å². The van der Waals surface area contributed by atoms with Gasteiger partial charge in [-0.25, -0.2) is 13.1 Å². The van der Waals surface area contributed by atoms with Crippen LogP contribution in [0.1, 0.15) is 25.5 Å². The maximum absolute atomic E-state index is 12.0. The fourth-order valence-electron chi connectivity index (χ4n) is 1.91. The maximum Gasteiger partial charge on any atom is 0.240 e. The zero-order chi connectivity index (χ0) is 16.0. The standard InChI is InChI=1S/C14H23N3O3S.ClH/c1-10(9-15-3)14(18)17-11(2)12-6-5-7-13(8-12)21(19,20)16-4;/h5-8,10-11,15-16H,9H2,1-4H3,(H,17,18);1H. The molecule has 0 saturated heterocycles. The van der Waals surface area contributed by atoms with Crippen LogP contribution >= 0.6 is 12.4 Å². The molecular formula is C14H24ClN3O3S. The minimum absolute atomic E-state index is 0. The Morgan fingerprint density at radius 1 is 1.23 bits per heavy atom. The Hall–Kier alpha value is -1.15. The topological polar surface area (TPSA) is 87.3 Å². The summed E-state index contributed by atoms with van der Waals surface area (Å²) in [7, 11) is -0.322. The summed E-state index contributed by atoms with van der Waals surface area (Å²) in [4.78, 5) is 12.2. The van der Waals surface area contributed by atoms with Gasteiger partial charge in [0.1, 0.15) is 0 Å². The van der Waals surface area contributed by atoms with Gasteiger partial charge in [-0.15, -0.1) is 12.4 Å². The quantitative estimate of drug-likeness (QED) is 0.686. The highest BCUT2D eigenvalue weighted by molar-refractivity contribution is 7.89. The molecule has 126 valence electrons. The number of carbonyl (C=O) groups excluding carboxylic acids is 1. The van der Waals surface area contributed by atoms with E-state index < -0.39 is 10.0 Å². The molecule has 0 saturated carbocycles. The first kappa shape index (κ1) is 20.9. The molecule has 0 radical (unpaired) electrons. The van der Waals surface area contributed by atoms with E-state index in [0.717, 1.165) is 5.56 Å². The third kappa shape index (κ3) is 5.57. The second-order valence-corrected chi connectivity index (χ2v) is 6.86. The van der Waals surface area contributed by atoms with Crippen molar-refractivity contribution in [1.82, 2.24) is 15.4 Å². The van der Waals surface area contributed by atoms with Gasteiger partial charge in [0.25, 0.3) is 0 Å². The molecule has 0 bridgehead atoms. The number of hydrogen-bond donors (Lipinski definition) is 3. The highest BCUT2D eigenvalue weighted by Crippen LogP contribution is 2.17. The molecule has 2 atom stereocenters. The molecule has 6 nitrogen and oxygen atoms in total. The molecule has 0 aromatic heterocycles. The summed E-state index contributed by atoms with van der Waals surface area (Å²) in [5.41, 5.74) is 0.747. The number of halogens is 1. The molecular weight excluding hydrogens is 326 g/mol. The van der Waals surface area contributed by atoms with Gasteiger partial charge >= 0.3 is 0 Å². The molecule has 0 aliphatic heterocycles. The Balaban J connectivity index is 0.00000441. The minimum atomic E-state index is -3.48. The Labute approximate surface area is 138 Å². The lowest BCUT2D eigenvalue weighted by molar-refractivity contribution is -0.125. The van der Waals surface area contributed by atoms with Crippen molar-refractivity contribution in [3.8, 4) is 0 Å². The molecule has 0 heterocycles. The smallest absolute Gasteiger partial charge is 0.240 e. The van der Waals surface area contributed by atoms with E-state index in [1.807, 2.05) is 13.8 Å². The Morgan fingerprint density at radius 3 is 2.41 bits per heavy atom. The number of nitrogens with one attached hydrogen (secondary N) is 3. The van der Waals surface area contributed by atoms with E-state index in [9.17, 15) is 13.2 Å². The summed E-state index contributed by atoms with van der Waals surface area (Å²) in [5, 5.41) is 5.83. The van der Waals surface area contributed by atoms with Crippen molar-refractivity contribution in [2.75, 3.05) is 20.6 Å². The second-order valence-electron chi connectivity index (χ2n) is 4.97. The van der Waals surface area contributed by atoms with Crippen LogP contribution in [0.4, 0.5) is 0 Å². The van der Waals surface area contributed by atoms with Crippen LogP contribution in [0.15, 0.2) is 29.2 Å². The van der Waals surface area contributed by atoms with Crippen LogP contribution < -0.4 is 15.4 Å². The van der Waals surface area contributed by atoms with Gasteiger partial charge in [0.15, 0.2) is 0 Å². The van der Waals surface area contributed by atoms with Crippen LogP contribution in [-0.4, -0.2) is 35.0 Å². The highest BCUT2D eigenvalue weighted by atomic mass is 35.5. The average Bonchev–Trinajstić information content (AvgIpc) is 2.47. The van der Waals surface area contributed by atoms with E-state index in [2.05, 4.69) is 15.4 Å². The molecule has 0 aliphatic carbocycles. The van der Waals surface area contributed by atoms with E-state index >= 15 is 0 Å². The van der Waals surface area contributed by atoms with Crippen molar-refractivity contribution in [2.45, 2.75) is 24.8 Å². The van der Waals surface area contributed by atoms with Crippen molar-refractivity contribution in [3.63, 3.8) is 0 Å². The first-order chi connectivity index (χ1) is 9.81. The van der Waals surface area contributed by atoms with Crippen molar-refractivity contribution in [3.05, 3.63) is 29.8 Å². The SMILES string of the molecule is CNCC(C)C(=O)NC(C)c1cccc(S(=O)(=O)NC)c1.Cl.